The maximum absolute atomic E-state index is 13.0. The Balaban J connectivity index is 2.04. The quantitative estimate of drug-likeness (QED) is 0.870. The van der Waals surface area contributed by atoms with Crippen LogP contribution in [0, 0.1) is 6.92 Å². The van der Waals surface area contributed by atoms with E-state index in [1.165, 1.54) is 4.31 Å². The van der Waals surface area contributed by atoms with E-state index >= 15 is 0 Å². The molecule has 1 heterocycles. The fraction of sp³-hybridized carbons (Fsp3) is 0.294. The average molecular weight is 317 g/mol. The molecule has 5 heteroatoms. The van der Waals surface area contributed by atoms with Gasteiger partial charge >= 0.3 is 0 Å². The molecule has 1 aliphatic rings. The van der Waals surface area contributed by atoms with Crippen molar-refractivity contribution in [3.63, 3.8) is 0 Å². The number of nitrogens with zero attached hydrogens (tertiary/aromatic N) is 1. The Hall–Kier alpha value is -2.01. The van der Waals surface area contributed by atoms with E-state index in [0.717, 1.165) is 23.3 Å². The SMILES string of the molecule is CCN(c1cccc(C)c1)S(=O)(=O)c1ccc2c(c1)CCO2. The summed E-state index contributed by atoms with van der Waals surface area (Å²) in [6, 6.07) is 12.6. The highest BCUT2D eigenvalue weighted by atomic mass is 32.2. The first-order chi connectivity index (χ1) is 10.5. The Morgan fingerprint density at radius 2 is 2.00 bits per heavy atom. The van der Waals surface area contributed by atoms with Crippen molar-refractivity contribution in [3.8, 4) is 5.75 Å². The first kappa shape index (κ1) is 14.9. The van der Waals surface area contributed by atoms with Gasteiger partial charge in [0.05, 0.1) is 17.2 Å². The molecule has 0 bridgehead atoms. The number of fused-ring (bicyclic) bond motifs is 1. The summed E-state index contributed by atoms with van der Waals surface area (Å²) >= 11 is 0. The summed E-state index contributed by atoms with van der Waals surface area (Å²) in [5.74, 6) is 0.789. The normalized spacial score (nSPS) is 13.5. The van der Waals surface area contributed by atoms with Crippen molar-refractivity contribution >= 4 is 15.7 Å². The number of rotatable bonds is 4. The van der Waals surface area contributed by atoms with Crippen molar-refractivity contribution in [1.29, 1.82) is 0 Å². The van der Waals surface area contributed by atoms with Gasteiger partial charge in [-0.05, 0) is 55.3 Å². The smallest absolute Gasteiger partial charge is 0.264 e. The lowest BCUT2D eigenvalue weighted by atomic mass is 10.2. The lowest BCUT2D eigenvalue weighted by molar-refractivity contribution is 0.356. The van der Waals surface area contributed by atoms with E-state index in [-0.39, 0.29) is 0 Å². The van der Waals surface area contributed by atoms with E-state index < -0.39 is 10.0 Å². The summed E-state index contributed by atoms with van der Waals surface area (Å²) in [4.78, 5) is 0.320. The number of benzene rings is 2. The van der Waals surface area contributed by atoms with Crippen LogP contribution in [0.5, 0.6) is 5.75 Å². The highest BCUT2D eigenvalue weighted by Gasteiger charge is 2.25. The molecule has 0 saturated carbocycles. The molecule has 116 valence electrons. The Bertz CT molecular complexity index is 799. The van der Waals surface area contributed by atoms with Crippen LogP contribution in [-0.4, -0.2) is 21.6 Å². The van der Waals surface area contributed by atoms with E-state index in [4.69, 9.17) is 4.74 Å². The molecule has 0 radical (unpaired) electrons. The third-order valence-electron chi connectivity index (χ3n) is 3.83. The predicted molar refractivity (Wildman–Crippen MR) is 87.0 cm³/mol. The number of hydrogen-bond donors (Lipinski definition) is 0. The first-order valence-electron chi connectivity index (χ1n) is 7.37. The summed E-state index contributed by atoms with van der Waals surface area (Å²) in [7, 11) is -3.56. The lowest BCUT2D eigenvalue weighted by Crippen LogP contribution is -2.30. The molecule has 3 rings (SSSR count). The zero-order valence-electron chi connectivity index (χ0n) is 12.7. The zero-order chi connectivity index (χ0) is 15.7. The summed E-state index contributed by atoms with van der Waals surface area (Å²) in [6.45, 7) is 4.81. The van der Waals surface area contributed by atoms with Gasteiger partial charge in [-0.3, -0.25) is 4.31 Å². The molecule has 0 spiro atoms. The molecule has 1 aliphatic heterocycles. The maximum Gasteiger partial charge on any atom is 0.264 e. The van der Waals surface area contributed by atoms with Gasteiger partial charge in [0.25, 0.3) is 10.0 Å². The second-order valence-corrected chi connectivity index (χ2v) is 7.24. The second-order valence-electron chi connectivity index (χ2n) is 5.38. The molecule has 0 fully saturated rings. The van der Waals surface area contributed by atoms with E-state index in [9.17, 15) is 8.42 Å². The maximum atomic E-state index is 13.0. The topological polar surface area (TPSA) is 46.6 Å². The molecular formula is C17H19NO3S. The van der Waals surface area contributed by atoms with Crippen LogP contribution in [0.1, 0.15) is 18.1 Å². The minimum Gasteiger partial charge on any atom is -0.493 e. The fourth-order valence-electron chi connectivity index (χ4n) is 2.73. The Labute approximate surface area is 131 Å². The number of sulfonamides is 1. The molecule has 0 aliphatic carbocycles. The van der Waals surface area contributed by atoms with Crippen molar-refractivity contribution in [2.75, 3.05) is 17.5 Å². The summed E-state index contributed by atoms with van der Waals surface area (Å²) < 4.78 is 32.8. The highest BCUT2D eigenvalue weighted by molar-refractivity contribution is 7.92. The average Bonchev–Trinajstić information content (AvgIpc) is 2.95. The van der Waals surface area contributed by atoms with Crippen molar-refractivity contribution in [1.82, 2.24) is 0 Å². The first-order valence-corrected chi connectivity index (χ1v) is 8.81. The Morgan fingerprint density at radius 1 is 1.18 bits per heavy atom. The molecular weight excluding hydrogens is 298 g/mol. The Morgan fingerprint density at radius 3 is 2.73 bits per heavy atom. The molecule has 0 atom stereocenters. The molecule has 2 aromatic rings. The molecule has 0 N–H and O–H groups in total. The fourth-order valence-corrected chi connectivity index (χ4v) is 4.24. The zero-order valence-corrected chi connectivity index (χ0v) is 13.6. The van der Waals surface area contributed by atoms with Crippen molar-refractivity contribution in [3.05, 3.63) is 53.6 Å². The summed E-state index contributed by atoms with van der Waals surface area (Å²) in [5, 5.41) is 0. The summed E-state index contributed by atoms with van der Waals surface area (Å²) in [6.07, 6.45) is 0.759. The van der Waals surface area contributed by atoms with Crippen LogP contribution in [0.2, 0.25) is 0 Å². The van der Waals surface area contributed by atoms with E-state index in [1.807, 2.05) is 38.1 Å². The van der Waals surface area contributed by atoms with Crippen LogP contribution >= 0.6 is 0 Å². The molecule has 4 nitrogen and oxygen atoms in total. The molecule has 0 saturated heterocycles. The van der Waals surface area contributed by atoms with Crippen LogP contribution in [0.3, 0.4) is 0 Å². The van der Waals surface area contributed by atoms with E-state index in [1.54, 1.807) is 18.2 Å². The Kier molecular flexibility index (Phi) is 3.83. The number of ether oxygens (including phenoxy) is 1. The van der Waals surface area contributed by atoms with Gasteiger partial charge in [-0.2, -0.15) is 0 Å². The molecule has 2 aromatic carbocycles. The second kappa shape index (κ2) is 5.65. The van der Waals surface area contributed by atoms with E-state index in [0.29, 0.717) is 23.7 Å². The molecule has 0 unspecified atom stereocenters. The highest BCUT2D eigenvalue weighted by Crippen LogP contribution is 2.30. The standard InChI is InChI=1S/C17H19NO3S/c1-3-18(15-6-4-5-13(2)11-15)22(19,20)16-7-8-17-14(12-16)9-10-21-17/h4-8,11-12H,3,9-10H2,1-2H3. The number of anilines is 1. The van der Waals surface area contributed by atoms with Gasteiger partial charge in [0, 0.05) is 13.0 Å². The van der Waals surface area contributed by atoms with Gasteiger partial charge in [0.2, 0.25) is 0 Å². The minimum absolute atomic E-state index is 0.320. The molecule has 0 aromatic heterocycles. The van der Waals surface area contributed by atoms with Crippen LogP contribution in [-0.2, 0) is 16.4 Å². The molecule has 0 amide bonds. The largest absolute Gasteiger partial charge is 0.493 e. The van der Waals surface area contributed by atoms with Gasteiger partial charge in [-0.1, -0.05) is 12.1 Å². The van der Waals surface area contributed by atoms with Crippen molar-refractivity contribution < 1.29 is 13.2 Å². The van der Waals surface area contributed by atoms with Gasteiger partial charge in [0.15, 0.2) is 0 Å². The van der Waals surface area contributed by atoms with Gasteiger partial charge in [0.1, 0.15) is 5.75 Å². The third-order valence-corrected chi connectivity index (χ3v) is 5.72. The number of aryl methyl sites for hydroxylation is 1. The van der Waals surface area contributed by atoms with Gasteiger partial charge < -0.3 is 4.74 Å². The van der Waals surface area contributed by atoms with Gasteiger partial charge in [-0.15, -0.1) is 0 Å². The predicted octanol–water partition coefficient (Wildman–Crippen LogP) is 3.15. The van der Waals surface area contributed by atoms with Crippen LogP contribution < -0.4 is 9.04 Å². The number of hydrogen-bond acceptors (Lipinski definition) is 3. The lowest BCUT2D eigenvalue weighted by Gasteiger charge is -2.23. The van der Waals surface area contributed by atoms with Crippen LogP contribution in [0.15, 0.2) is 47.4 Å². The van der Waals surface area contributed by atoms with Gasteiger partial charge in [-0.25, -0.2) is 8.42 Å². The monoisotopic (exact) mass is 317 g/mol. The third kappa shape index (κ3) is 2.57. The van der Waals surface area contributed by atoms with Crippen molar-refractivity contribution in [2.24, 2.45) is 0 Å². The van der Waals surface area contributed by atoms with E-state index in [2.05, 4.69) is 0 Å². The van der Waals surface area contributed by atoms with Crippen LogP contribution in [0.25, 0.3) is 0 Å². The summed E-state index contributed by atoms with van der Waals surface area (Å²) in [5.41, 5.74) is 2.69. The molecule has 22 heavy (non-hydrogen) atoms. The van der Waals surface area contributed by atoms with Crippen LogP contribution in [0.4, 0.5) is 5.69 Å². The minimum atomic E-state index is -3.56. The van der Waals surface area contributed by atoms with Crippen molar-refractivity contribution in [2.45, 2.75) is 25.2 Å².